The second-order valence-corrected chi connectivity index (χ2v) is 5.69. The average Bonchev–Trinajstić information content (AvgIpc) is 2.98. The van der Waals surface area contributed by atoms with Crippen LogP contribution in [-0.4, -0.2) is 16.8 Å². The Morgan fingerprint density at radius 1 is 1.26 bits per heavy atom. The Labute approximate surface area is 116 Å². The fourth-order valence-corrected chi connectivity index (χ4v) is 2.86. The molecule has 2 rings (SSSR count). The molecular weight excluding hydrogens is 234 g/mol. The van der Waals surface area contributed by atoms with Gasteiger partial charge in [0.1, 0.15) is 0 Å². The predicted molar refractivity (Wildman–Crippen MR) is 78.7 cm³/mol. The van der Waals surface area contributed by atoms with Gasteiger partial charge in [0.2, 0.25) is 5.91 Å². The van der Waals surface area contributed by atoms with Gasteiger partial charge in [-0.3, -0.25) is 4.79 Å². The van der Waals surface area contributed by atoms with Crippen molar-refractivity contribution in [1.29, 1.82) is 0 Å². The smallest absolute Gasteiger partial charge is 0.226 e. The molecule has 1 amide bonds. The second-order valence-electron chi connectivity index (χ2n) is 5.69. The van der Waals surface area contributed by atoms with E-state index in [9.17, 15) is 4.79 Å². The first kappa shape index (κ1) is 14.1. The second kappa shape index (κ2) is 6.74. The zero-order chi connectivity index (χ0) is 13.7. The van der Waals surface area contributed by atoms with E-state index in [2.05, 4.69) is 30.9 Å². The molecule has 1 aromatic rings. The molecule has 0 aromatic heterocycles. The fourth-order valence-electron chi connectivity index (χ4n) is 2.86. The summed E-state index contributed by atoms with van der Waals surface area (Å²) in [6.45, 7) is 5.07. The number of carbonyl (C=O) groups excluding carboxylic acids is 1. The van der Waals surface area contributed by atoms with Crippen LogP contribution in [0.25, 0.3) is 0 Å². The average molecular weight is 259 g/mol. The van der Waals surface area contributed by atoms with Crippen LogP contribution in [0.1, 0.15) is 51.5 Å². The van der Waals surface area contributed by atoms with Gasteiger partial charge >= 0.3 is 0 Å². The summed E-state index contributed by atoms with van der Waals surface area (Å²) in [7, 11) is 0. The number of hydrogen-bond donors (Lipinski definition) is 0. The minimum atomic E-state index is 0.276. The van der Waals surface area contributed by atoms with E-state index in [-0.39, 0.29) is 5.92 Å². The number of carbonyl (C=O) groups is 1. The van der Waals surface area contributed by atoms with Crippen molar-refractivity contribution in [3.8, 4) is 0 Å². The van der Waals surface area contributed by atoms with E-state index in [1.165, 1.54) is 18.4 Å². The highest BCUT2D eigenvalue weighted by Gasteiger charge is 2.29. The van der Waals surface area contributed by atoms with Crippen molar-refractivity contribution in [3.63, 3.8) is 0 Å². The highest BCUT2D eigenvalue weighted by atomic mass is 16.2. The van der Waals surface area contributed by atoms with Gasteiger partial charge in [0.15, 0.2) is 0 Å². The molecule has 2 nitrogen and oxygen atoms in total. The van der Waals surface area contributed by atoms with E-state index in [0.717, 1.165) is 25.8 Å². The van der Waals surface area contributed by atoms with Crippen LogP contribution in [0, 0.1) is 5.92 Å². The minimum absolute atomic E-state index is 0.276. The maximum absolute atomic E-state index is 12.7. The molecule has 1 aromatic carbocycles. The van der Waals surface area contributed by atoms with Crippen molar-refractivity contribution < 1.29 is 4.79 Å². The van der Waals surface area contributed by atoms with E-state index in [4.69, 9.17) is 0 Å². The molecule has 19 heavy (non-hydrogen) atoms. The first-order valence-electron chi connectivity index (χ1n) is 7.56. The molecule has 0 N–H and O–H groups in total. The molecule has 1 aliphatic carbocycles. The van der Waals surface area contributed by atoms with Gasteiger partial charge in [0, 0.05) is 18.5 Å². The number of hydrogen-bond acceptors (Lipinski definition) is 1. The normalized spacial score (nSPS) is 17.4. The van der Waals surface area contributed by atoms with E-state index in [1.54, 1.807) is 0 Å². The van der Waals surface area contributed by atoms with Crippen LogP contribution < -0.4 is 0 Å². The molecular formula is C17H25NO. The molecule has 1 saturated carbocycles. The monoisotopic (exact) mass is 259 g/mol. The zero-order valence-corrected chi connectivity index (χ0v) is 12.1. The topological polar surface area (TPSA) is 20.3 Å². The van der Waals surface area contributed by atoms with Crippen LogP contribution in [0.4, 0.5) is 0 Å². The maximum Gasteiger partial charge on any atom is 0.226 e. The summed E-state index contributed by atoms with van der Waals surface area (Å²) >= 11 is 0. The number of benzene rings is 1. The van der Waals surface area contributed by atoms with Crippen LogP contribution in [0.15, 0.2) is 30.3 Å². The lowest BCUT2D eigenvalue weighted by Gasteiger charge is -2.31. The third-order valence-corrected chi connectivity index (χ3v) is 4.31. The number of rotatable bonds is 5. The van der Waals surface area contributed by atoms with E-state index < -0.39 is 0 Å². The van der Waals surface area contributed by atoms with E-state index in [0.29, 0.717) is 11.9 Å². The van der Waals surface area contributed by atoms with Gasteiger partial charge in [-0.25, -0.2) is 0 Å². The van der Waals surface area contributed by atoms with Crippen molar-refractivity contribution in [2.24, 2.45) is 5.92 Å². The molecule has 1 aliphatic rings. The first-order chi connectivity index (χ1) is 9.22. The van der Waals surface area contributed by atoms with Gasteiger partial charge < -0.3 is 4.90 Å². The third kappa shape index (κ3) is 3.59. The van der Waals surface area contributed by atoms with Crippen LogP contribution in [0.5, 0.6) is 0 Å². The summed E-state index contributed by atoms with van der Waals surface area (Å²) in [6.07, 6.45) is 5.62. The van der Waals surface area contributed by atoms with Gasteiger partial charge in [-0.1, -0.05) is 50.1 Å². The third-order valence-electron chi connectivity index (χ3n) is 4.31. The molecule has 0 radical (unpaired) electrons. The summed E-state index contributed by atoms with van der Waals surface area (Å²) in [6, 6.07) is 10.7. The van der Waals surface area contributed by atoms with Crippen LogP contribution in [-0.2, 0) is 11.3 Å². The molecule has 0 bridgehead atoms. The summed E-state index contributed by atoms with van der Waals surface area (Å²) in [4.78, 5) is 14.8. The minimum Gasteiger partial charge on any atom is -0.335 e. The van der Waals surface area contributed by atoms with Gasteiger partial charge in [-0.2, -0.15) is 0 Å². The standard InChI is InChI=1S/C17H25NO/c1-3-14(2)18(13-15-9-5-4-6-10-15)17(19)16-11-7-8-12-16/h4-6,9-10,14,16H,3,7-8,11-13H2,1-2H3. The molecule has 1 atom stereocenters. The van der Waals surface area contributed by atoms with Crippen molar-refractivity contribution in [1.82, 2.24) is 4.90 Å². The molecule has 1 unspecified atom stereocenters. The van der Waals surface area contributed by atoms with Gasteiger partial charge in [0.25, 0.3) is 0 Å². The highest BCUT2D eigenvalue weighted by molar-refractivity contribution is 5.79. The molecule has 1 fully saturated rings. The molecule has 0 saturated heterocycles. The van der Waals surface area contributed by atoms with E-state index in [1.807, 2.05) is 18.2 Å². The predicted octanol–water partition coefficient (Wildman–Crippen LogP) is 4.00. The van der Waals surface area contributed by atoms with Crippen molar-refractivity contribution >= 4 is 5.91 Å². The van der Waals surface area contributed by atoms with Crippen molar-refractivity contribution in [2.45, 2.75) is 58.5 Å². The van der Waals surface area contributed by atoms with E-state index >= 15 is 0 Å². The zero-order valence-electron chi connectivity index (χ0n) is 12.1. The number of amides is 1. The van der Waals surface area contributed by atoms with Crippen LogP contribution in [0.2, 0.25) is 0 Å². The lowest BCUT2D eigenvalue weighted by Crippen LogP contribution is -2.40. The SMILES string of the molecule is CCC(C)N(Cc1ccccc1)C(=O)C1CCCC1. The van der Waals surface area contributed by atoms with Gasteiger partial charge in [0.05, 0.1) is 0 Å². The lowest BCUT2D eigenvalue weighted by atomic mass is 10.0. The Kier molecular flexibility index (Phi) is 5.00. The quantitative estimate of drug-likeness (QED) is 0.782. The van der Waals surface area contributed by atoms with Gasteiger partial charge in [-0.05, 0) is 31.7 Å². The summed E-state index contributed by atoms with van der Waals surface area (Å²) in [5.41, 5.74) is 1.23. The maximum atomic E-state index is 12.7. The summed E-state index contributed by atoms with van der Waals surface area (Å²) < 4.78 is 0. The number of nitrogens with zero attached hydrogens (tertiary/aromatic N) is 1. The first-order valence-corrected chi connectivity index (χ1v) is 7.56. The Hall–Kier alpha value is -1.31. The highest BCUT2D eigenvalue weighted by Crippen LogP contribution is 2.28. The molecule has 0 spiro atoms. The largest absolute Gasteiger partial charge is 0.335 e. The van der Waals surface area contributed by atoms with Crippen molar-refractivity contribution in [3.05, 3.63) is 35.9 Å². The molecule has 0 aliphatic heterocycles. The Morgan fingerprint density at radius 2 is 1.89 bits per heavy atom. The Bertz CT molecular complexity index is 395. The lowest BCUT2D eigenvalue weighted by molar-refractivity contribution is -0.138. The van der Waals surface area contributed by atoms with Gasteiger partial charge in [-0.15, -0.1) is 0 Å². The Balaban J connectivity index is 2.09. The molecule has 104 valence electrons. The molecule has 2 heteroatoms. The van der Waals surface area contributed by atoms with Crippen LogP contribution in [0.3, 0.4) is 0 Å². The molecule has 0 heterocycles. The fraction of sp³-hybridized carbons (Fsp3) is 0.588. The summed E-state index contributed by atoms with van der Waals surface area (Å²) in [5, 5.41) is 0. The van der Waals surface area contributed by atoms with Crippen molar-refractivity contribution in [2.75, 3.05) is 0 Å². The Morgan fingerprint density at radius 3 is 2.47 bits per heavy atom. The summed E-state index contributed by atoms with van der Waals surface area (Å²) in [5.74, 6) is 0.647. The van der Waals surface area contributed by atoms with Crippen LogP contribution >= 0.6 is 0 Å².